The van der Waals surface area contributed by atoms with Crippen LogP contribution in [0, 0.1) is 5.92 Å². The van der Waals surface area contributed by atoms with Crippen molar-refractivity contribution in [3.8, 4) is 0 Å². The summed E-state index contributed by atoms with van der Waals surface area (Å²) in [6.45, 7) is 8.32. The molecule has 0 atom stereocenters. The maximum Gasteiger partial charge on any atom is 0.117 e. The lowest BCUT2D eigenvalue weighted by molar-refractivity contribution is 0.475. The van der Waals surface area contributed by atoms with E-state index >= 15 is 0 Å². The molecule has 0 amide bonds. The molecule has 0 aromatic carbocycles. The Morgan fingerprint density at radius 3 is 2.71 bits per heavy atom. The molecule has 1 rings (SSSR count). The van der Waals surface area contributed by atoms with Gasteiger partial charge < -0.3 is 15.1 Å². The second-order valence-corrected chi connectivity index (χ2v) is 3.85. The van der Waals surface area contributed by atoms with E-state index in [0.29, 0.717) is 0 Å². The molecule has 1 aromatic heterocycles. The van der Waals surface area contributed by atoms with Crippen LogP contribution in [0.15, 0.2) is 22.8 Å². The third-order valence-corrected chi connectivity index (χ3v) is 1.91. The Morgan fingerprint density at radius 2 is 2.07 bits per heavy atom. The van der Waals surface area contributed by atoms with Crippen molar-refractivity contribution in [1.82, 2.24) is 10.6 Å². The van der Waals surface area contributed by atoms with Gasteiger partial charge in [-0.3, -0.25) is 0 Å². The lowest BCUT2D eigenvalue weighted by Gasteiger charge is -2.07. The molecule has 0 bridgehead atoms. The standard InChI is InChI=1S/C11H20N2O/c1-10(2)8-12-5-6-13-9-11-4-3-7-14-11/h3-4,7,10,12-13H,5-6,8-9H2,1-2H3. The Morgan fingerprint density at radius 1 is 1.29 bits per heavy atom. The van der Waals surface area contributed by atoms with Gasteiger partial charge in [-0.2, -0.15) is 0 Å². The van der Waals surface area contributed by atoms with Crippen molar-refractivity contribution in [3.05, 3.63) is 24.2 Å². The van der Waals surface area contributed by atoms with Gasteiger partial charge in [0.1, 0.15) is 5.76 Å². The maximum atomic E-state index is 5.20. The number of furan rings is 1. The van der Waals surface area contributed by atoms with Crippen LogP contribution in [0.2, 0.25) is 0 Å². The average Bonchev–Trinajstić information content (AvgIpc) is 2.63. The molecule has 1 heterocycles. The summed E-state index contributed by atoms with van der Waals surface area (Å²) in [7, 11) is 0. The van der Waals surface area contributed by atoms with Crippen molar-refractivity contribution < 1.29 is 4.42 Å². The Kier molecular flexibility index (Phi) is 5.33. The van der Waals surface area contributed by atoms with Crippen LogP contribution in [0.3, 0.4) is 0 Å². The second kappa shape index (κ2) is 6.62. The van der Waals surface area contributed by atoms with Gasteiger partial charge in [-0.05, 0) is 24.6 Å². The number of nitrogens with one attached hydrogen (secondary N) is 2. The van der Waals surface area contributed by atoms with Crippen LogP contribution >= 0.6 is 0 Å². The molecule has 0 aliphatic heterocycles. The fourth-order valence-corrected chi connectivity index (χ4v) is 1.19. The Bertz CT molecular complexity index is 219. The van der Waals surface area contributed by atoms with E-state index in [-0.39, 0.29) is 0 Å². The van der Waals surface area contributed by atoms with E-state index in [0.717, 1.165) is 37.9 Å². The first kappa shape index (κ1) is 11.3. The van der Waals surface area contributed by atoms with Crippen molar-refractivity contribution in [2.45, 2.75) is 20.4 Å². The van der Waals surface area contributed by atoms with Gasteiger partial charge in [-0.1, -0.05) is 13.8 Å². The predicted octanol–water partition coefficient (Wildman–Crippen LogP) is 1.61. The highest BCUT2D eigenvalue weighted by Crippen LogP contribution is 1.97. The fraction of sp³-hybridized carbons (Fsp3) is 0.636. The van der Waals surface area contributed by atoms with Gasteiger partial charge >= 0.3 is 0 Å². The lowest BCUT2D eigenvalue weighted by atomic mass is 10.2. The molecule has 0 saturated carbocycles. The molecule has 3 heteroatoms. The zero-order valence-electron chi connectivity index (χ0n) is 9.05. The minimum absolute atomic E-state index is 0.722. The summed E-state index contributed by atoms with van der Waals surface area (Å²) in [5.74, 6) is 1.72. The summed E-state index contributed by atoms with van der Waals surface area (Å²) < 4.78 is 5.20. The van der Waals surface area contributed by atoms with Crippen molar-refractivity contribution in [1.29, 1.82) is 0 Å². The van der Waals surface area contributed by atoms with Crippen LogP contribution in [0.25, 0.3) is 0 Å². The van der Waals surface area contributed by atoms with E-state index in [9.17, 15) is 0 Å². The van der Waals surface area contributed by atoms with Crippen molar-refractivity contribution in [2.24, 2.45) is 5.92 Å². The summed E-state index contributed by atoms with van der Waals surface area (Å²) >= 11 is 0. The first-order valence-electron chi connectivity index (χ1n) is 5.23. The van der Waals surface area contributed by atoms with Crippen molar-refractivity contribution in [2.75, 3.05) is 19.6 Å². The molecule has 80 valence electrons. The first-order chi connectivity index (χ1) is 6.79. The van der Waals surface area contributed by atoms with E-state index in [4.69, 9.17) is 4.42 Å². The largest absolute Gasteiger partial charge is 0.468 e. The van der Waals surface area contributed by atoms with Gasteiger partial charge in [0, 0.05) is 13.1 Å². The molecule has 0 radical (unpaired) electrons. The summed E-state index contributed by atoms with van der Waals surface area (Å²) in [4.78, 5) is 0. The summed E-state index contributed by atoms with van der Waals surface area (Å²) in [5, 5.41) is 6.68. The first-order valence-corrected chi connectivity index (χ1v) is 5.23. The Labute approximate surface area is 85.9 Å². The van der Waals surface area contributed by atoms with E-state index in [2.05, 4.69) is 24.5 Å². The summed E-state index contributed by atoms with van der Waals surface area (Å²) in [5.41, 5.74) is 0. The van der Waals surface area contributed by atoms with Crippen LogP contribution in [0.4, 0.5) is 0 Å². The minimum Gasteiger partial charge on any atom is -0.468 e. The van der Waals surface area contributed by atoms with Crippen LogP contribution in [-0.4, -0.2) is 19.6 Å². The van der Waals surface area contributed by atoms with Crippen LogP contribution < -0.4 is 10.6 Å². The highest BCUT2D eigenvalue weighted by Gasteiger charge is 1.94. The number of hydrogen-bond donors (Lipinski definition) is 2. The molecule has 0 aliphatic rings. The highest BCUT2D eigenvalue weighted by atomic mass is 16.3. The van der Waals surface area contributed by atoms with Gasteiger partial charge in [0.2, 0.25) is 0 Å². The zero-order valence-corrected chi connectivity index (χ0v) is 9.05. The molecule has 0 fully saturated rings. The summed E-state index contributed by atoms with van der Waals surface area (Å²) in [6.07, 6.45) is 1.70. The lowest BCUT2D eigenvalue weighted by Crippen LogP contribution is -2.29. The molecule has 1 aromatic rings. The van der Waals surface area contributed by atoms with Gasteiger partial charge in [-0.15, -0.1) is 0 Å². The highest BCUT2D eigenvalue weighted by molar-refractivity contribution is 4.97. The van der Waals surface area contributed by atoms with E-state index in [1.165, 1.54) is 0 Å². The smallest absolute Gasteiger partial charge is 0.117 e. The van der Waals surface area contributed by atoms with Crippen molar-refractivity contribution in [3.63, 3.8) is 0 Å². The average molecular weight is 196 g/mol. The fourth-order valence-electron chi connectivity index (χ4n) is 1.19. The Balaban J connectivity index is 1.90. The summed E-state index contributed by atoms with van der Waals surface area (Å²) in [6, 6.07) is 3.89. The normalized spacial score (nSPS) is 11.1. The monoisotopic (exact) mass is 196 g/mol. The molecular formula is C11H20N2O. The van der Waals surface area contributed by atoms with Gasteiger partial charge in [0.05, 0.1) is 12.8 Å². The topological polar surface area (TPSA) is 37.2 Å². The van der Waals surface area contributed by atoms with Crippen LogP contribution in [0.1, 0.15) is 19.6 Å². The maximum absolute atomic E-state index is 5.20. The Hall–Kier alpha value is -0.800. The molecule has 2 N–H and O–H groups in total. The molecule has 0 saturated heterocycles. The molecule has 0 aliphatic carbocycles. The molecule has 3 nitrogen and oxygen atoms in total. The van der Waals surface area contributed by atoms with Crippen molar-refractivity contribution >= 4 is 0 Å². The SMILES string of the molecule is CC(C)CNCCNCc1ccco1. The minimum atomic E-state index is 0.722. The molecular weight excluding hydrogens is 176 g/mol. The van der Waals surface area contributed by atoms with E-state index < -0.39 is 0 Å². The van der Waals surface area contributed by atoms with Gasteiger partial charge in [0.15, 0.2) is 0 Å². The molecule has 0 spiro atoms. The third kappa shape index (κ3) is 5.04. The van der Waals surface area contributed by atoms with Crippen LogP contribution in [-0.2, 0) is 6.54 Å². The van der Waals surface area contributed by atoms with E-state index in [1.54, 1.807) is 6.26 Å². The quantitative estimate of drug-likeness (QED) is 0.651. The second-order valence-electron chi connectivity index (χ2n) is 3.85. The number of rotatable bonds is 7. The third-order valence-electron chi connectivity index (χ3n) is 1.91. The molecule has 0 unspecified atom stereocenters. The van der Waals surface area contributed by atoms with Gasteiger partial charge in [0.25, 0.3) is 0 Å². The number of hydrogen-bond acceptors (Lipinski definition) is 3. The van der Waals surface area contributed by atoms with E-state index in [1.807, 2.05) is 12.1 Å². The van der Waals surface area contributed by atoms with Gasteiger partial charge in [-0.25, -0.2) is 0 Å². The predicted molar refractivity (Wildman–Crippen MR) is 58.1 cm³/mol. The molecule has 14 heavy (non-hydrogen) atoms. The zero-order chi connectivity index (χ0) is 10.2. The van der Waals surface area contributed by atoms with Crippen LogP contribution in [0.5, 0.6) is 0 Å².